The number of nitrogens with one attached hydrogen (secondary N) is 2. The summed E-state index contributed by atoms with van der Waals surface area (Å²) in [6.45, 7) is 0. The molecular weight excluding hydrogens is 371 g/mol. The summed E-state index contributed by atoms with van der Waals surface area (Å²) < 4.78 is 38.5. The molecule has 0 radical (unpaired) electrons. The van der Waals surface area contributed by atoms with Crippen LogP contribution in [0.2, 0.25) is 0 Å². The van der Waals surface area contributed by atoms with E-state index in [1.165, 1.54) is 12.1 Å². The van der Waals surface area contributed by atoms with Crippen molar-refractivity contribution in [2.24, 2.45) is 5.41 Å². The highest BCUT2D eigenvalue weighted by Crippen LogP contribution is 2.47. The van der Waals surface area contributed by atoms with Crippen LogP contribution in [0.3, 0.4) is 0 Å². The Morgan fingerprint density at radius 1 is 0.929 bits per heavy atom. The molecule has 5 nitrogen and oxygen atoms in total. The van der Waals surface area contributed by atoms with Crippen LogP contribution in [0.15, 0.2) is 48.5 Å². The zero-order valence-corrected chi connectivity index (χ0v) is 15.4. The molecule has 3 rings (SSSR count). The van der Waals surface area contributed by atoms with Gasteiger partial charge in [0.05, 0.1) is 5.56 Å². The Hall–Kier alpha value is -3.03. The predicted molar refractivity (Wildman–Crippen MR) is 101 cm³/mol. The number of anilines is 3. The molecule has 1 aliphatic rings. The van der Waals surface area contributed by atoms with E-state index in [0.717, 1.165) is 17.8 Å². The quantitative estimate of drug-likeness (QED) is 0.754. The Balaban J connectivity index is 1.69. The van der Waals surface area contributed by atoms with E-state index in [-0.39, 0.29) is 5.69 Å². The van der Waals surface area contributed by atoms with Crippen molar-refractivity contribution < 1.29 is 22.8 Å². The largest absolute Gasteiger partial charge is 0.416 e. The lowest BCUT2D eigenvalue weighted by molar-refractivity contribution is -0.137. The van der Waals surface area contributed by atoms with Gasteiger partial charge in [0.1, 0.15) is 5.41 Å². The Bertz CT molecular complexity index is 888. The number of benzene rings is 2. The van der Waals surface area contributed by atoms with Gasteiger partial charge < -0.3 is 15.5 Å². The Morgan fingerprint density at radius 3 is 2.00 bits per heavy atom. The van der Waals surface area contributed by atoms with Crippen molar-refractivity contribution >= 4 is 28.9 Å². The summed E-state index contributed by atoms with van der Waals surface area (Å²) >= 11 is 0. The number of halogens is 3. The van der Waals surface area contributed by atoms with Crippen molar-refractivity contribution in [3.05, 3.63) is 54.1 Å². The fraction of sp³-hybridized carbons (Fsp3) is 0.300. The number of amides is 2. The third kappa shape index (κ3) is 4.11. The first kappa shape index (κ1) is 19.7. The van der Waals surface area contributed by atoms with Crippen LogP contribution >= 0.6 is 0 Å². The highest BCUT2D eigenvalue weighted by molar-refractivity contribution is 6.16. The van der Waals surface area contributed by atoms with Gasteiger partial charge in [0.25, 0.3) is 0 Å². The molecule has 2 aromatic rings. The molecule has 2 aromatic carbocycles. The summed E-state index contributed by atoms with van der Waals surface area (Å²) in [5.74, 6) is -1.07. The maximum atomic E-state index is 12.8. The van der Waals surface area contributed by atoms with E-state index >= 15 is 0 Å². The summed E-state index contributed by atoms with van der Waals surface area (Å²) in [6, 6.07) is 11.5. The second kappa shape index (κ2) is 7.18. The molecule has 0 atom stereocenters. The molecule has 0 spiro atoms. The highest BCUT2D eigenvalue weighted by Gasteiger charge is 2.56. The van der Waals surface area contributed by atoms with Gasteiger partial charge in [-0.05, 0) is 55.3 Å². The Labute approximate surface area is 160 Å². The third-order valence-electron chi connectivity index (χ3n) is 4.71. The number of nitrogens with zero attached hydrogens (tertiary/aromatic N) is 1. The maximum Gasteiger partial charge on any atom is 0.416 e. The molecule has 0 heterocycles. The molecule has 148 valence electrons. The maximum absolute atomic E-state index is 12.8. The van der Waals surface area contributed by atoms with Gasteiger partial charge in [0.15, 0.2) is 0 Å². The summed E-state index contributed by atoms with van der Waals surface area (Å²) in [7, 11) is 3.79. The normalized spacial score (nSPS) is 14.9. The fourth-order valence-corrected chi connectivity index (χ4v) is 2.80. The van der Waals surface area contributed by atoms with Crippen molar-refractivity contribution in [3.8, 4) is 0 Å². The third-order valence-corrected chi connectivity index (χ3v) is 4.71. The van der Waals surface area contributed by atoms with E-state index in [2.05, 4.69) is 10.6 Å². The molecule has 0 unspecified atom stereocenters. The number of rotatable bonds is 5. The molecule has 1 fully saturated rings. The van der Waals surface area contributed by atoms with Crippen LogP contribution < -0.4 is 15.5 Å². The van der Waals surface area contributed by atoms with E-state index in [1.807, 2.05) is 31.1 Å². The van der Waals surface area contributed by atoms with Crippen LogP contribution in [-0.2, 0) is 15.8 Å². The average molecular weight is 391 g/mol. The SMILES string of the molecule is CN(C)c1ccc(NC(=O)C2(C(=O)Nc3cccc(C(F)(F)F)c3)CC2)cc1. The molecule has 8 heteroatoms. The minimum absolute atomic E-state index is 0.00855. The zero-order valence-electron chi connectivity index (χ0n) is 15.4. The molecule has 0 aliphatic heterocycles. The lowest BCUT2D eigenvalue weighted by atomic mass is 10.0. The smallest absolute Gasteiger partial charge is 0.378 e. The fourth-order valence-electron chi connectivity index (χ4n) is 2.80. The van der Waals surface area contributed by atoms with Crippen LogP contribution in [0.5, 0.6) is 0 Å². The minimum Gasteiger partial charge on any atom is -0.378 e. The highest BCUT2D eigenvalue weighted by atomic mass is 19.4. The minimum atomic E-state index is -4.51. The zero-order chi connectivity index (χ0) is 20.5. The number of alkyl halides is 3. The summed E-state index contributed by atoms with van der Waals surface area (Å²) in [4.78, 5) is 27.1. The molecular formula is C20H20F3N3O2. The predicted octanol–water partition coefficient (Wildman–Crippen LogP) is 4.13. The van der Waals surface area contributed by atoms with Gasteiger partial charge in [-0.1, -0.05) is 6.07 Å². The second-order valence-electron chi connectivity index (χ2n) is 7.01. The van der Waals surface area contributed by atoms with Crippen molar-refractivity contribution in [2.45, 2.75) is 19.0 Å². The summed E-state index contributed by atoms with van der Waals surface area (Å²) in [6.07, 6.45) is -3.81. The first-order valence-corrected chi connectivity index (χ1v) is 8.69. The van der Waals surface area contributed by atoms with Gasteiger partial charge in [-0.3, -0.25) is 9.59 Å². The van der Waals surface area contributed by atoms with Gasteiger partial charge in [-0.25, -0.2) is 0 Å². The Morgan fingerprint density at radius 2 is 1.50 bits per heavy atom. The van der Waals surface area contributed by atoms with Crippen LogP contribution in [0, 0.1) is 5.41 Å². The standard InChI is InChI=1S/C20H20F3N3O2/c1-26(2)16-8-6-14(7-9-16)24-17(27)19(10-11-19)18(28)25-15-5-3-4-13(12-15)20(21,22)23/h3-9,12H,10-11H2,1-2H3,(H,24,27)(H,25,28). The van der Waals surface area contributed by atoms with Crippen LogP contribution in [0.4, 0.5) is 30.2 Å². The molecule has 0 bridgehead atoms. The second-order valence-corrected chi connectivity index (χ2v) is 7.01. The van der Waals surface area contributed by atoms with Crippen LogP contribution in [-0.4, -0.2) is 25.9 Å². The lowest BCUT2D eigenvalue weighted by Gasteiger charge is -2.17. The first-order valence-electron chi connectivity index (χ1n) is 8.69. The summed E-state index contributed by atoms with van der Waals surface area (Å²) in [5.41, 5.74) is -0.598. The van der Waals surface area contributed by atoms with Crippen molar-refractivity contribution in [1.29, 1.82) is 0 Å². The van der Waals surface area contributed by atoms with E-state index in [9.17, 15) is 22.8 Å². The number of carbonyl (C=O) groups excluding carboxylic acids is 2. The van der Waals surface area contributed by atoms with Gasteiger partial charge in [0.2, 0.25) is 11.8 Å². The Kier molecular flexibility index (Phi) is 5.06. The van der Waals surface area contributed by atoms with Gasteiger partial charge >= 0.3 is 6.18 Å². The molecule has 2 N–H and O–H groups in total. The monoisotopic (exact) mass is 391 g/mol. The number of hydrogen-bond donors (Lipinski definition) is 2. The summed E-state index contributed by atoms with van der Waals surface area (Å²) in [5, 5.41) is 5.16. The molecule has 28 heavy (non-hydrogen) atoms. The molecule has 2 amide bonds. The van der Waals surface area contributed by atoms with Crippen molar-refractivity contribution in [2.75, 3.05) is 29.6 Å². The van der Waals surface area contributed by atoms with E-state index in [4.69, 9.17) is 0 Å². The number of carbonyl (C=O) groups is 2. The molecule has 1 aliphatic carbocycles. The molecule has 0 aromatic heterocycles. The van der Waals surface area contributed by atoms with E-state index in [0.29, 0.717) is 18.5 Å². The lowest BCUT2D eigenvalue weighted by Crippen LogP contribution is -2.35. The van der Waals surface area contributed by atoms with Gasteiger partial charge in [-0.15, -0.1) is 0 Å². The van der Waals surface area contributed by atoms with Gasteiger partial charge in [-0.2, -0.15) is 13.2 Å². The van der Waals surface area contributed by atoms with E-state index in [1.54, 1.807) is 12.1 Å². The number of hydrogen-bond acceptors (Lipinski definition) is 3. The van der Waals surface area contributed by atoms with Crippen LogP contribution in [0.25, 0.3) is 0 Å². The van der Waals surface area contributed by atoms with Crippen molar-refractivity contribution in [1.82, 2.24) is 0 Å². The first-order chi connectivity index (χ1) is 13.1. The molecule has 1 saturated carbocycles. The van der Waals surface area contributed by atoms with Gasteiger partial charge in [0, 0.05) is 31.2 Å². The van der Waals surface area contributed by atoms with Crippen LogP contribution in [0.1, 0.15) is 18.4 Å². The van der Waals surface area contributed by atoms with E-state index < -0.39 is 29.0 Å². The average Bonchev–Trinajstić information content (AvgIpc) is 3.44. The van der Waals surface area contributed by atoms with Crippen molar-refractivity contribution in [3.63, 3.8) is 0 Å². The topological polar surface area (TPSA) is 61.4 Å². The molecule has 0 saturated heterocycles.